The van der Waals surface area contributed by atoms with E-state index in [1.165, 1.54) is 0 Å². The minimum atomic E-state index is -0.857. The number of anilines is 1. The van der Waals surface area contributed by atoms with Gasteiger partial charge in [-0.15, -0.1) is 0 Å². The van der Waals surface area contributed by atoms with Crippen LogP contribution >= 0.6 is 0 Å². The van der Waals surface area contributed by atoms with Crippen LogP contribution in [0.25, 0.3) is 17.2 Å². The molecule has 1 aliphatic rings. The first-order chi connectivity index (χ1) is 15.0. The summed E-state index contributed by atoms with van der Waals surface area (Å²) < 4.78 is 27.3. The van der Waals surface area contributed by atoms with E-state index in [1.807, 2.05) is 16.7 Å². The molecule has 0 saturated carbocycles. The zero-order chi connectivity index (χ0) is 22.0. The Morgan fingerprint density at radius 1 is 1.23 bits per heavy atom. The maximum absolute atomic E-state index is 13.9. The lowest BCUT2D eigenvalue weighted by Crippen LogP contribution is -2.24. The number of nitrogens with two attached hydrogens (primary N) is 1. The van der Waals surface area contributed by atoms with Gasteiger partial charge in [0.25, 0.3) is 0 Å². The number of rotatable bonds is 8. The molecule has 1 aliphatic heterocycles. The van der Waals surface area contributed by atoms with E-state index in [-0.39, 0.29) is 5.82 Å². The van der Waals surface area contributed by atoms with Crippen molar-refractivity contribution >= 4 is 23.1 Å². The van der Waals surface area contributed by atoms with Crippen molar-refractivity contribution in [2.24, 2.45) is 0 Å². The van der Waals surface area contributed by atoms with Gasteiger partial charge in [0.2, 0.25) is 0 Å². The molecule has 0 aliphatic carbocycles. The highest BCUT2D eigenvalue weighted by molar-refractivity contribution is 5.82. The quantitative estimate of drug-likeness (QED) is 0.422. The Bertz CT molecular complexity index is 1110. The Morgan fingerprint density at radius 3 is 2.68 bits per heavy atom. The Hall–Kier alpha value is -3.20. The third-order valence-electron chi connectivity index (χ3n) is 5.16. The number of nitrogens with one attached hydrogen (secondary N) is 1. The summed E-state index contributed by atoms with van der Waals surface area (Å²) in [6.07, 6.45) is 2.23. The molecule has 9 heteroatoms. The second kappa shape index (κ2) is 8.89. The van der Waals surface area contributed by atoms with E-state index in [9.17, 15) is 4.39 Å². The molecule has 31 heavy (non-hydrogen) atoms. The average Bonchev–Trinajstić information content (AvgIpc) is 3.08. The number of fused-ring (bicyclic) bond motifs is 2. The van der Waals surface area contributed by atoms with Crippen molar-refractivity contribution in [3.63, 3.8) is 0 Å². The molecule has 0 atom stereocenters. The maximum atomic E-state index is 13.9. The fourth-order valence-corrected chi connectivity index (χ4v) is 3.70. The number of nitrogen functional groups attached to an aromatic ring is 1. The van der Waals surface area contributed by atoms with Crippen molar-refractivity contribution in [1.82, 2.24) is 24.8 Å². The molecule has 0 bridgehead atoms. The number of nitrogens with zero attached hydrogens (tertiary/aromatic N) is 4. The summed E-state index contributed by atoms with van der Waals surface area (Å²) in [7, 11) is 0. The van der Waals surface area contributed by atoms with E-state index in [0.29, 0.717) is 54.9 Å². The standard InChI is InChI=1S/C22H27FN6O2/c1-4-14-10-16-17(31-9-8-30-16)11-15(14)12-18-26-19-20(24)27-22(23)28-21(19)29(18)7-5-6-25-13(2)3/h4,10-11,13,25H,1,5-9,12H2,2-3H3,(H2,24,27,28). The van der Waals surface area contributed by atoms with Crippen LogP contribution in [0.2, 0.25) is 0 Å². The minimum Gasteiger partial charge on any atom is -0.486 e. The monoisotopic (exact) mass is 426 g/mol. The molecule has 0 amide bonds. The molecule has 8 nitrogen and oxygen atoms in total. The summed E-state index contributed by atoms with van der Waals surface area (Å²) in [5.74, 6) is 2.16. The van der Waals surface area contributed by atoms with Crippen molar-refractivity contribution in [2.75, 3.05) is 25.5 Å². The maximum Gasteiger partial charge on any atom is 0.312 e. The van der Waals surface area contributed by atoms with Crippen LogP contribution < -0.4 is 20.5 Å². The Balaban J connectivity index is 1.72. The van der Waals surface area contributed by atoms with Crippen LogP contribution in [0, 0.1) is 6.08 Å². The van der Waals surface area contributed by atoms with Crippen molar-refractivity contribution < 1.29 is 13.9 Å². The predicted octanol–water partition coefficient (Wildman–Crippen LogP) is 2.94. The van der Waals surface area contributed by atoms with Crippen LogP contribution in [0.15, 0.2) is 18.7 Å². The lowest BCUT2D eigenvalue weighted by Gasteiger charge is -2.20. The van der Waals surface area contributed by atoms with Gasteiger partial charge in [-0.3, -0.25) is 0 Å². The van der Waals surface area contributed by atoms with Gasteiger partial charge in [-0.05, 0) is 36.2 Å². The Labute approximate surface area is 180 Å². The van der Waals surface area contributed by atoms with E-state index in [4.69, 9.17) is 15.2 Å². The Kier molecular flexibility index (Phi) is 6.03. The Morgan fingerprint density at radius 2 is 1.97 bits per heavy atom. The van der Waals surface area contributed by atoms with Gasteiger partial charge in [0, 0.05) is 19.0 Å². The summed E-state index contributed by atoms with van der Waals surface area (Å²) in [6, 6.07) is 4.26. The smallest absolute Gasteiger partial charge is 0.312 e. The van der Waals surface area contributed by atoms with Gasteiger partial charge >= 0.3 is 6.08 Å². The first-order valence-electron chi connectivity index (χ1n) is 10.4. The molecule has 0 unspecified atom stereocenters. The van der Waals surface area contributed by atoms with Crippen LogP contribution in [0.5, 0.6) is 11.5 Å². The SMILES string of the molecule is C=Cc1cc2c(cc1Cc1nc3c(N)nc(F)nc3n1CCCNC(C)C)OCCO2. The van der Waals surface area contributed by atoms with E-state index in [1.54, 1.807) is 6.08 Å². The number of aryl methyl sites for hydroxylation is 1. The first-order valence-corrected chi connectivity index (χ1v) is 10.4. The van der Waals surface area contributed by atoms with E-state index < -0.39 is 6.08 Å². The topological polar surface area (TPSA) is 100 Å². The van der Waals surface area contributed by atoms with E-state index in [0.717, 1.165) is 29.9 Å². The summed E-state index contributed by atoms with van der Waals surface area (Å²) in [6.45, 7) is 10.6. The van der Waals surface area contributed by atoms with Crippen LogP contribution in [-0.2, 0) is 13.0 Å². The molecule has 3 aromatic rings. The van der Waals surface area contributed by atoms with Crippen LogP contribution in [0.4, 0.5) is 10.2 Å². The van der Waals surface area contributed by atoms with Crippen LogP contribution in [0.3, 0.4) is 0 Å². The number of aromatic nitrogens is 4. The van der Waals surface area contributed by atoms with Gasteiger partial charge in [-0.25, -0.2) is 4.98 Å². The summed E-state index contributed by atoms with van der Waals surface area (Å²) >= 11 is 0. The van der Waals surface area contributed by atoms with Crippen molar-refractivity contribution in [1.29, 1.82) is 0 Å². The highest BCUT2D eigenvalue weighted by atomic mass is 19.1. The molecule has 3 N–H and O–H groups in total. The molecule has 1 aromatic carbocycles. The molecule has 0 saturated heterocycles. The van der Waals surface area contributed by atoms with Crippen molar-refractivity contribution in [3.05, 3.63) is 41.7 Å². The molecule has 0 spiro atoms. The lowest BCUT2D eigenvalue weighted by atomic mass is 10.0. The van der Waals surface area contributed by atoms with Gasteiger partial charge in [-0.2, -0.15) is 14.4 Å². The zero-order valence-electron chi connectivity index (χ0n) is 17.8. The number of imidazole rings is 1. The van der Waals surface area contributed by atoms with Gasteiger partial charge < -0.3 is 25.1 Å². The molecule has 0 radical (unpaired) electrons. The molecule has 164 valence electrons. The van der Waals surface area contributed by atoms with Crippen molar-refractivity contribution in [2.45, 2.75) is 39.3 Å². The number of benzene rings is 1. The first kappa shape index (κ1) is 21.0. The van der Waals surface area contributed by atoms with Gasteiger partial charge in [-0.1, -0.05) is 26.5 Å². The third kappa shape index (κ3) is 4.46. The largest absolute Gasteiger partial charge is 0.486 e. The normalized spacial score (nSPS) is 13.2. The highest BCUT2D eigenvalue weighted by Crippen LogP contribution is 2.35. The average molecular weight is 426 g/mol. The van der Waals surface area contributed by atoms with E-state index in [2.05, 4.69) is 40.7 Å². The minimum absolute atomic E-state index is 0.0360. The fraction of sp³-hybridized carbons (Fsp3) is 0.409. The number of halogens is 1. The second-order valence-electron chi connectivity index (χ2n) is 7.77. The molecule has 2 aromatic heterocycles. The third-order valence-corrected chi connectivity index (χ3v) is 5.16. The zero-order valence-corrected chi connectivity index (χ0v) is 17.8. The second-order valence-corrected chi connectivity index (χ2v) is 7.77. The summed E-state index contributed by atoms with van der Waals surface area (Å²) in [4.78, 5) is 12.3. The lowest BCUT2D eigenvalue weighted by molar-refractivity contribution is 0.171. The highest BCUT2D eigenvalue weighted by Gasteiger charge is 2.20. The summed E-state index contributed by atoms with van der Waals surface area (Å²) in [5.41, 5.74) is 8.66. The number of hydrogen-bond donors (Lipinski definition) is 2. The van der Waals surface area contributed by atoms with E-state index >= 15 is 0 Å². The number of ether oxygens (including phenoxy) is 2. The molecular formula is C22H27FN6O2. The van der Waals surface area contributed by atoms with Gasteiger partial charge in [0.1, 0.15) is 19.0 Å². The van der Waals surface area contributed by atoms with Gasteiger partial charge in [0.15, 0.2) is 28.5 Å². The molecule has 0 fully saturated rings. The predicted molar refractivity (Wildman–Crippen MR) is 118 cm³/mol. The van der Waals surface area contributed by atoms with Crippen LogP contribution in [0.1, 0.15) is 37.2 Å². The molecule has 4 rings (SSSR count). The van der Waals surface area contributed by atoms with Crippen LogP contribution in [-0.4, -0.2) is 45.3 Å². The molecular weight excluding hydrogens is 399 g/mol. The van der Waals surface area contributed by atoms with Gasteiger partial charge in [0.05, 0.1) is 0 Å². The fourth-order valence-electron chi connectivity index (χ4n) is 3.70. The summed E-state index contributed by atoms with van der Waals surface area (Å²) in [5, 5.41) is 3.39. The van der Waals surface area contributed by atoms with Crippen molar-refractivity contribution in [3.8, 4) is 11.5 Å². The molecule has 3 heterocycles. The number of hydrogen-bond acceptors (Lipinski definition) is 7.